The lowest BCUT2D eigenvalue weighted by Gasteiger charge is -1.98. The quantitative estimate of drug-likeness (QED) is 0.564. The van der Waals surface area contributed by atoms with E-state index in [2.05, 4.69) is 45.6 Å². The molecule has 2 aromatic rings. The smallest absolute Gasteiger partial charge is 0.0181 e. The van der Waals surface area contributed by atoms with Crippen molar-refractivity contribution in [3.63, 3.8) is 0 Å². The van der Waals surface area contributed by atoms with Gasteiger partial charge < -0.3 is 0 Å². The largest absolute Gasteiger partial charge is 0.148 e. The Bertz CT molecular complexity index is 471. The lowest BCUT2D eigenvalue weighted by atomic mass is 10.1. The number of benzene rings is 1. The van der Waals surface area contributed by atoms with Gasteiger partial charge in [0.25, 0.3) is 0 Å². The Hall–Kier alpha value is -0.600. The summed E-state index contributed by atoms with van der Waals surface area (Å²) in [6, 6.07) is 8.77. The summed E-state index contributed by atoms with van der Waals surface area (Å²) in [7, 11) is 0. The van der Waals surface area contributed by atoms with Crippen LogP contribution < -0.4 is 0 Å². The fraction of sp³-hybridized carbons (Fsp3) is 0.0909. The van der Waals surface area contributed by atoms with Crippen molar-refractivity contribution < 1.29 is 0 Å². The summed E-state index contributed by atoms with van der Waals surface area (Å²) < 4.78 is 1.17. The standard InChI is InChI=1S/C11H7BrS/c12-8-2-1-7-5-11-9(3-4-13-11)10(7)6-8/h1-4,6H,5H2. The van der Waals surface area contributed by atoms with Crippen molar-refractivity contribution in [3.05, 3.63) is 44.6 Å². The van der Waals surface area contributed by atoms with Crippen molar-refractivity contribution in [1.29, 1.82) is 0 Å². The van der Waals surface area contributed by atoms with E-state index in [1.54, 1.807) is 0 Å². The van der Waals surface area contributed by atoms with Crippen molar-refractivity contribution in [2.45, 2.75) is 6.42 Å². The van der Waals surface area contributed by atoms with Crippen LogP contribution in [0, 0.1) is 0 Å². The van der Waals surface area contributed by atoms with Gasteiger partial charge in [0.1, 0.15) is 0 Å². The Morgan fingerprint density at radius 1 is 1.15 bits per heavy atom. The third-order valence-electron chi connectivity index (χ3n) is 2.46. The van der Waals surface area contributed by atoms with Gasteiger partial charge in [0.2, 0.25) is 0 Å². The number of hydrogen-bond acceptors (Lipinski definition) is 1. The molecule has 1 aliphatic carbocycles. The maximum atomic E-state index is 3.51. The second-order valence-corrected chi connectivity index (χ2v) is 5.15. The molecule has 0 amide bonds. The van der Waals surface area contributed by atoms with Gasteiger partial charge in [-0.3, -0.25) is 0 Å². The third kappa shape index (κ3) is 1.09. The number of rotatable bonds is 0. The Morgan fingerprint density at radius 2 is 2.08 bits per heavy atom. The molecular weight excluding hydrogens is 244 g/mol. The van der Waals surface area contributed by atoms with Crippen molar-refractivity contribution in [2.24, 2.45) is 0 Å². The molecule has 0 unspecified atom stereocenters. The van der Waals surface area contributed by atoms with Gasteiger partial charge in [-0.15, -0.1) is 11.3 Å². The minimum Gasteiger partial charge on any atom is -0.148 e. The van der Waals surface area contributed by atoms with Gasteiger partial charge in [-0.2, -0.15) is 0 Å². The van der Waals surface area contributed by atoms with Gasteiger partial charge in [-0.1, -0.05) is 22.0 Å². The average molecular weight is 251 g/mol. The van der Waals surface area contributed by atoms with E-state index < -0.39 is 0 Å². The zero-order chi connectivity index (χ0) is 8.84. The van der Waals surface area contributed by atoms with Crippen molar-refractivity contribution in [2.75, 3.05) is 0 Å². The molecule has 0 bridgehead atoms. The monoisotopic (exact) mass is 250 g/mol. The van der Waals surface area contributed by atoms with Crippen LogP contribution in [0.25, 0.3) is 11.1 Å². The van der Waals surface area contributed by atoms with Crippen molar-refractivity contribution >= 4 is 27.3 Å². The van der Waals surface area contributed by atoms with Gasteiger partial charge in [0.15, 0.2) is 0 Å². The van der Waals surface area contributed by atoms with Crippen LogP contribution in [0.1, 0.15) is 10.4 Å². The Labute approximate surface area is 89.4 Å². The molecule has 1 aromatic carbocycles. The second kappa shape index (κ2) is 2.69. The number of fused-ring (bicyclic) bond motifs is 3. The zero-order valence-electron chi connectivity index (χ0n) is 6.88. The normalized spacial score (nSPS) is 12.7. The minimum atomic E-state index is 1.12. The Kier molecular flexibility index (Phi) is 1.61. The highest BCUT2D eigenvalue weighted by atomic mass is 79.9. The van der Waals surface area contributed by atoms with Crippen molar-refractivity contribution in [3.8, 4) is 11.1 Å². The summed E-state index contributed by atoms with van der Waals surface area (Å²) in [5.74, 6) is 0. The Balaban J connectivity index is 2.31. The van der Waals surface area contributed by atoms with Crippen molar-refractivity contribution in [1.82, 2.24) is 0 Å². The van der Waals surface area contributed by atoms with E-state index in [1.165, 1.54) is 26.0 Å². The predicted molar refractivity (Wildman–Crippen MR) is 60.3 cm³/mol. The molecule has 0 N–H and O–H groups in total. The molecule has 0 aliphatic heterocycles. The first-order chi connectivity index (χ1) is 6.34. The average Bonchev–Trinajstić information content (AvgIpc) is 2.64. The molecule has 0 fully saturated rings. The van der Waals surface area contributed by atoms with Crippen LogP contribution in [0.5, 0.6) is 0 Å². The number of hydrogen-bond donors (Lipinski definition) is 0. The highest BCUT2D eigenvalue weighted by molar-refractivity contribution is 9.10. The van der Waals surface area contributed by atoms with Gasteiger partial charge in [-0.05, 0) is 40.3 Å². The maximum Gasteiger partial charge on any atom is 0.0181 e. The molecular formula is C11H7BrS. The fourth-order valence-electron chi connectivity index (χ4n) is 1.84. The zero-order valence-corrected chi connectivity index (χ0v) is 9.28. The molecule has 1 heterocycles. The van der Waals surface area contributed by atoms with Crippen LogP contribution in [-0.2, 0) is 6.42 Å². The molecule has 0 radical (unpaired) electrons. The van der Waals surface area contributed by atoms with Gasteiger partial charge in [0.05, 0.1) is 0 Å². The van der Waals surface area contributed by atoms with E-state index in [9.17, 15) is 0 Å². The van der Waals surface area contributed by atoms with E-state index >= 15 is 0 Å². The van der Waals surface area contributed by atoms with Crippen LogP contribution in [0.2, 0.25) is 0 Å². The third-order valence-corrected chi connectivity index (χ3v) is 3.87. The van der Waals surface area contributed by atoms with E-state index in [0.29, 0.717) is 0 Å². The molecule has 64 valence electrons. The molecule has 13 heavy (non-hydrogen) atoms. The van der Waals surface area contributed by atoms with E-state index in [1.807, 2.05) is 11.3 Å². The van der Waals surface area contributed by atoms with Gasteiger partial charge in [-0.25, -0.2) is 0 Å². The molecule has 0 nitrogen and oxygen atoms in total. The number of thiophene rings is 1. The molecule has 0 atom stereocenters. The second-order valence-electron chi connectivity index (χ2n) is 3.24. The Morgan fingerprint density at radius 3 is 3.00 bits per heavy atom. The molecule has 1 aromatic heterocycles. The molecule has 1 aliphatic rings. The highest BCUT2D eigenvalue weighted by Crippen LogP contribution is 2.40. The first-order valence-corrected chi connectivity index (χ1v) is 5.87. The van der Waals surface area contributed by atoms with Crippen LogP contribution in [0.15, 0.2) is 34.1 Å². The summed E-state index contributed by atoms with van der Waals surface area (Å²) in [5, 5.41) is 2.18. The number of halogens is 1. The molecule has 3 rings (SSSR count). The van der Waals surface area contributed by atoms with Gasteiger partial charge in [0, 0.05) is 15.8 Å². The lowest BCUT2D eigenvalue weighted by Crippen LogP contribution is -1.78. The van der Waals surface area contributed by atoms with Gasteiger partial charge >= 0.3 is 0 Å². The van der Waals surface area contributed by atoms with Crippen LogP contribution in [0.4, 0.5) is 0 Å². The molecule has 0 saturated carbocycles. The fourth-order valence-corrected chi connectivity index (χ4v) is 3.12. The van der Waals surface area contributed by atoms with E-state index in [0.717, 1.165) is 6.42 Å². The van der Waals surface area contributed by atoms with Crippen LogP contribution in [0.3, 0.4) is 0 Å². The summed E-state index contributed by atoms with van der Waals surface area (Å²) in [6.45, 7) is 0. The summed E-state index contributed by atoms with van der Waals surface area (Å²) in [4.78, 5) is 1.51. The van der Waals surface area contributed by atoms with E-state index in [-0.39, 0.29) is 0 Å². The first-order valence-electron chi connectivity index (χ1n) is 4.20. The van der Waals surface area contributed by atoms with Crippen LogP contribution in [-0.4, -0.2) is 0 Å². The van der Waals surface area contributed by atoms with Crippen LogP contribution >= 0.6 is 27.3 Å². The topological polar surface area (TPSA) is 0 Å². The van der Waals surface area contributed by atoms with E-state index in [4.69, 9.17) is 0 Å². The lowest BCUT2D eigenvalue weighted by molar-refractivity contribution is 1.31. The minimum absolute atomic E-state index is 1.12. The summed E-state index contributed by atoms with van der Waals surface area (Å²) in [6.07, 6.45) is 1.12. The summed E-state index contributed by atoms with van der Waals surface area (Å²) >= 11 is 5.37. The highest BCUT2D eigenvalue weighted by Gasteiger charge is 2.18. The maximum absolute atomic E-state index is 3.51. The summed E-state index contributed by atoms with van der Waals surface area (Å²) in [5.41, 5.74) is 4.30. The molecule has 2 heteroatoms. The predicted octanol–water partition coefficient (Wildman–Crippen LogP) is 4.08. The first kappa shape index (κ1) is 7.77. The molecule has 0 spiro atoms. The molecule has 0 saturated heterocycles. The SMILES string of the molecule is Brc1ccc2c(c1)-c1ccsc1C2.